The van der Waals surface area contributed by atoms with E-state index in [0.717, 1.165) is 12.8 Å². The summed E-state index contributed by atoms with van der Waals surface area (Å²) < 4.78 is 30.0. The van der Waals surface area contributed by atoms with E-state index in [9.17, 15) is 13.2 Å². The topological polar surface area (TPSA) is 117 Å². The summed E-state index contributed by atoms with van der Waals surface area (Å²) in [6.45, 7) is 1.37. The molecule has 2 aromatic rings. The van der Waals surface area contributed by atoms with E-state index in [1.165, 1.54) is 17.0 Å². The molecule has 2 amide bonds. The highest BCUT2D eigenvalue weighted by Crippen LogP contribution is 2.25. The van der Waals surface area contributed by atoms with Crippen molar-refractivity contribution in [3.05, 3.63) is 30.7 Å². The molecule has 10 heteroatoms. The first-order chi connectivity index (χ1) is 12.4. The minimum absolute atomic E-state index is 0.0930. The number of amides is 2. The number of anilines is 1. The van der Waals surface area contributed by atoms with E-state index in [1.807, 2.05) is 6.07 Å². The maximum absolute atomic E-state index is 12.2. The highest BCUT2D eigenvalue weighted by atomic mass is 32.2. The summed E-state index contributed by atoms with van der Waals surface area (Å²) in [5, 5.41) is 13.1. The van der Waals surface area contributed by atoms with Crippen molar-refractivity contribution in [3.8, 4) is 11.5 Å². The van der Waals surface area contributed by atoms with Crippen LogP contribution in [0.4, 0.5) is 10.5 Å². The molecule has 1 saturated heterocycles. The summed E-state index contributed by atoms with van der Waals surface area (Å²) in [5.41, 5.74) is 1.18. The summed E-state index contributed by atoms with van der Waals surface area (Å²) in [6.07, 6.45) is 4.11. The Labute approximate surface area is 151 Å². The van der Waals surface area contributed by atoms with Gasteiger partial charge in [-0.05, 0) is 30.9 Å². The molecule has 0 aliphatic carbocycles. The van der Waals surface area contributed by atoms with E-state index >= 15 is 0 Å². The molecule has 1 aliphatic heterocycles. The molecule has 0 saturated carbocycles. The Kier molecular flexibility index (Phi) is 5.52. The molecule has 1 fully saturated rings. The van der Waals surface area contributed by atoms with E-state index in [-0.39, 0.29) is 11.9 Å². The smallest absolute Gasteiger partial charge is 0.319 e. The van der Waals surface area contributed by atoms with E-state index < -0.39 is 10.0 Å². The molecule has 3 rings (SSSR count). The number of rotatable bonds is 5. The molecule has 2 N–H and O–H groups in total. The van der Waals surface area contributed by atoms with E-state index in [0.29, 0.717) is 36.8 Å². The normalized spacial score (nSPS) is 18.4. The average molecular weight is 379 g/mol. The van der Waals surface area contributed by atoms with Crippen LogP contribution < -0.4 is 10.6 Å². The van der Waals surface area contributed by atoms with Crippen LogP contribution in [0.15, 0.2) is 35.1 Å². The molecular weight excluding hydrogens is 358 g/mol. The first-order valence-corrected chi connectivity index (χ1v) is 10.1. The minimum atomic E-state index is -3.19. The number of sulfonamides is 1. The Balaban J connectivity index is 1.57. The molecule has 0 radical (unpaired) electrons. The number of carbonyl (C=O) groups is 1. The Morgan fingerprint density at radius 3 is 2.92 bits per heavy atom. The zero-order chi connectivity index (χ0) is 18.6. The van der Waals surface area contributed by atoms with Crippen LogP contribution in [0.3, 0.4) is 0 Å². The van der Waals surface area contributed by atoms with E-state index in [1.54, 1.807) is 18.2 Å². The van der Waals surface area contributed by atoms with Gasteiger partial charge in [-0.15, -0.1) is 10.2 Å². The predicted octanol–water partition coefficient (Wildman–Crippen LogP) is 1.53. The number of hydrogen-bond donors (Lipinski definition) is 2. The monoisotopic (exact) mass is 379 g/mol. The van der Waals surface area contributed by atoms with Crippen LogP contribution in [0.2, 0.25) is 0 Å². The van der Waals surface area contributed by atoms with Crippen molar-refractivity contribution in [2.24, 2.45) is 5.92 Å². The van der Waals surface area contributed by atoms with Gasteiger partial charge >= 0.3 is 6.03 Å². The number of nitrogens with zero attached hydrogens (tertiary/aromatic N) is 3. The van der Waals surface area contributed by atoms with Crippen molar-refractivity contribution in [3.63, 3.8) is 0 Å². The molecule has 140 valence electrons. The third-order valence-corrected chi connectivity index (χ3v) is 5.54. The number of benzene rings is 1. The van der Waals surface area contributed by atoms with Crippen LogP contribution >= 0.6 is 0 Å². The van der Waals surface area contributed by atoms with Crippen LogP contribution in [0.5, 0.6) is 0 Å². The lowest BCUT2D eigenvalue weighted by molar-refractivity contribution is 0.239. The quantitative estimate of drug-likeness (QED) is 0.813. The third kappa shape index (κ3) is 4.58. The molecule has 1 atom stereocenters. The van der Waals surface area contributed by atoms with E-state index in [2.05, 4.69) is 20.8 Å². The molecule has 1 aromatic carbocycles. The summed E-state index contributed by atoms with van der Waals surface area (Å²) in [7, 11) is -3.19. The van der Waals surface area contributed by atoms with Crippen LogP contribution in [-0.4, -0.2) is 54.8 Å². The SMILES string of the molecule is CS(=O)(=O)N1CCCC(CNC(=O)Nc2ccccc2-c2nnco2)C1. The number of nitrogens with one attached hydrogen (secondary N) is 2. The first kappa shape index (κ1) is 18.3. The van der Waals surface area contributed by atoms with Crippen molar-refractivity contribution in [2.75, 3.05) is 31.2 Å². The highest BCUT2D eigenvalue weighted by molar-refractivity contribution is 7.88. The van der Waals surface area contributed by atoms with Gasteiger partial charge in [0.05, 0.1) is 17.5 Å². The standard InChI is InChI=1S/C16H21N5O4S/c1-26(23,24)21-8-4-5-12(10-21)9-17-16(22)19-14-7-3-2-6-13(14)15-20-18-11-25-15/h2-3,6-7,11-12H,4-5,8-10H2,1H3,(H2,17,19,22). The number of piperidine rings is 1. The predicted molar refractivity (Wildman–Crippen MR) is 95.9 cm³/mol. The Morgan fingerprint density at radius 2 is 2.19 bits per heavy atom. The summed E-state index contributed by atoms with van der Waals surface area (Å²) >= 11 is 0. The summed E-state index contributed by atoms with van der Waals surface area (Å²) in [6, 6.07) is 6.75. The highest BCUT2D eigenvalue weighted by Gasteiger charge is 2.26. The second kappa shape index (κ2) is 7.83. The zero-order valence-corrected chi connectivity index (χ0v) is 15.2. The Hall–Kier alpha value is -2.46. The molecule has 26 heavy (non-hydrogen) atoms. The third-order valence-electron chi connectivity index (χ3n) is 4.27. The van der Waals surface area contributed by atoms with Gasteiger partial charge in [0.2, 0.25) is 22.3 Å². The fourth-order valence-corrected chi connectivity index (χ4v) is 3.91. The summed E-state index contributed by atoms with van der Waals surface area (Å²) in [4.78, 5) is 12.2. The van der Waals surface area contributed by atoms with Gasteiger partial charge in [0.1, 0.15) is 0 Å². The second-order valence-corrected chi connectivity index (χ2v) is 8.24. The van der Waals surface area contributed by atoms with Gasteiger partial charge in [-0.2, -0.15) is 0 Å². The van der Waals surface area contributed by atoms with Crippen molar-refractivity contribution in [1.29, 1.82) is 0 Å². The number of carbonyl (C=O) groups excluding carboxylic acids is 1. The average Bonchev–Trinajstić information content (AvgIpc) is 3.14. The maximum atomic E-state index is 12.2. The molecular formula is C16H21N5O4S. The Morgan fingerprint density at radius 1 is 1.38 bits per heavy atom. The van der Waals surface area contributed by atoms with Crippen LogP contribution in [0, 0.1) is 5.92 Å². The van der Waals surface area contributed by atoms with Crippen molar-refractivity contribution in [1.82, 2.24) is 19.8 Å². The van der Waals surface area contributed by atoms with Gasteiger partial charge < -0.3 is 15.1 Å². The number of para-hydroxylation sites is 1. The zero-order valence-electron chi connectivity index (χ0n) is 14.4. The second-order valence-electron chi connectivity index (χ2n) is 6.25. The number of hydrogen-bond acceptors (Lipinski definition) is 6. The van der Waals surface area contributed by atoms with Gasteiger partial charge in [-0.3, -0.25) is 0 Å². The summed E-state index contributed by atoms with van der Waals surface area (Å²) in [5.74, 6) is 0.410. The fourth-order valence-electron chi connectivity index (χ4n) is 2.97. The number of aromatic nitrogens is 2. The van der Waals surface area contributed by atoms with Crippen LogP contribution in [0.25, 0.3) is 11.5 Å². The molecule has 0 spiro atoms. The van der Waals surface area contributed by atoms with Crippen LogP contribution in [-0.2, 0) is 10.0 Å². The lowest BCUT2D eigenvalue weighted by atomic mass is 10.00. The van der Waals surface area contributed by atoms with Crippen molar-refractivity contribution in [2.45, 2.75) is 12.8 Å². The molecule has 1 unspecified atom stereocenters. The van der Waals surface area contributed by atoms with Crippen molar-refractivity contribution >= 4 is 21.7 Å². The minimum Gasteiger partial charge on any atom is -0.423 e. The van der Waals surface area contributed by atoms with Gasteiger partial charge in [-0.1, -0.05) is 12.1 Å². The molecule has 1 aliphatic rings. The lowest BCUT2D eigenvalue weighted by Gasteiger charge is -2.30. The first-order valence-electron chi connectivity index (χ1n) is 8.29. The van der Waals surface area contributed by atoms with Crippen molar-refractivity contribution < 1.29 is 17.6 Å². The lowest BCUT2D eigenvalue weighted by Crippen LogP contribution is -2.43. The number of urea groups is 1. The molecule has 1 aromatic heterocycles. The van der Waals surface area contributed by atoms with Gasteiger partial charge in [-0.25, -0.2) is 17.5 Å². The fraction of sp³-hybridized carbons (Fsp3) is 0.438. The van der Waals surface area contributed by atoms with Gasteiger partial charge in [0.25, 0.3) is 0 Å². The molecule has 2 heterocycles. The van der Waals surface area contributed by atoms with Gasteiger partial charge in [0, 0.05) is 19.6 Å². The Bertz CT molecular complexity index is 853. The maximum Gasteiger partial charge on any atom is 0.319 e. The van der Waals surface area contributed by atoms with Crippen LogP contribution in [0.1, 0.15) is 12.8 Å². The van der Waals surface area contributed by atoms with Gasteiger partial charge in [0.15, 0.2) is 0 Å². The largest absolute Gasteiger partial charge is 0.423 e. The molecule has 9 nitrogen and oxygen atoms in total. The molecule has 0 bridgehead atoms. The van der Waals surface area contributed by atoms with E-state index in [4.69, 9.17) is 4.42 Å².